The summed E-state index contributed by atoms with van der Waals surface area (Å²) in [6, 6.07) is 14.2. The molecule has 316 valence electrons. The van der Waals surface area contributed by atoms with Crippen LogP contribution in [0.25, 0.3) is 63.8 Å². The monoisotopic (exact) mass is 862 g/mol. The number of aryl methyl sites for hydroxylation is 6. The lowest BCUT2D eigenvalue weighted by atomic mass is 10.0. The fourth-order valence-electron chi connectivity index (χ4n) is 7.99. The van der Waals surface area contributed by atoms with Crippen LogP contribution in [0, 0.1) is 53.2 Å². The lowest BCUT2D eigenvalue weighted by molar-refractivity contribution is 0.629. The second-order valence-electron chi connectivity index (χ2n) is 15.5. The highest BCUT2D eigenvalue weighted by Gasteiger charge is 2.23. The zero-order valence-corrected chi connectivity index (χ0v) is 38.0. The number of nitrogens with zero attached hydrogens (tertiary/aromatic N) is 6. The first kappa shape index (κ1) is 44.0. The van der Waals surface area contributed by atoms with E-state index in [0.717, 1.165) is 136 Å². The fourth-order valence-corrected chi connectivity index (χ4v) is 10.5. The van der Waals surface area contributed by atoms with E-state index in [1.54, 1.807) is 34.8 Å². The minimum Gasteiger partial charge on any atom is -0.231 e. The van der Waals surface area contributed by atoms with Gasteiger partial charge < -0.3 is 0 Å². The van der Waals surface area contributed by atoms with Crippen LogP contribution in [0.5, 0.6) is 0 Å². The molecular weight excluding hydrogens is 811 g/mol. The molecule has 0 spiro atoms. The summed E-state index contributed by atoms with van der Waals surface area (Å²) in [6.07, 6.45) is 17.3. The van der Waals surface area contributed by atoms with E-state index in [0.29, 0.717) is 0 Å². The number of halogens is 2. The summed E-state index contributed by atoms with van der Waals surface area (Å²) in [5.74, 6) is -0.435. The molecule has 0 amide bonds. The van der Waals surface area contributed by atoms with Crippen molar-refractivity contribution in [2.45, 2.75) is 80.1 Å². The largest absolute Gasteiger partial charge is 0.231 e. The molecule has 6 heterocycles. The minimum absolute atomic E-state index is 0.217. The number of hydrogen-bond donors (Lipinski definition) is 0. The highest BCUT2D eigenvalue weighted by molar-refractivity contribution is 7.22. The van der Waals surface area contributed by atoms with E-state index < -0.39 is 0 Å². The average Bonchev–Trinajstić information content (AvgIpc) is 3.96. The summed E-state index contributed by atoms with van der Waals surface area (Å²) >= 11 is 3.32. The summed E-state index contributed by atoms with van der Waals surface area (Å²) in [6.45, 7) is 27.6. The van der Waals surface area contributed by atoms with E-state index in [1.165, 1.54) is 23.3 Å². The smallest absolute Gasteiger partial charge is 0.162 e. The number of imidazole rings is 2. The molecule has 0 unspecified atom stereocenters. The summed E-state index contributed by atoms with van der Waals surface area (Å²) < 4.78 is 33.8. The number of benzene rings is 2. The van der Waals surface area contributed by atoms with Gasteiger partial charge in [0.1, 0.15) is 23.0 Å². The van der Waals surface area contributed by atoms with Gasteiger partial charge in [-0.2, -0.15) is 10.2 Å². The standard InChI is InChI=1S/2C26H26FN3S/c2*1-6-8-10-19(11-9-7-2)22-14-16(3)29-30-24(18(5)28-26(22)30)25-17(4)21-15-20(27)12-13-23(21)31-25/h2*6-7,10,12-15H,1-2,8-9,11H2,3-5H3/b19-10+;19-10-. The lowest BCUT2D eigenvalue weighted by Crippen LogP contribution is -2.01. The highest BCUT2D eigenvalue weighted by atomic mass is 32.1. The SMILES string of the molecule is C=CC/C=C(/CCC=C)c1cc(C)nn2c(-c3sc4ccc(F)cc4c3C)c(C)nc12.C=CC/C=C(\CCC=C)c1cc(C)nn2c(-c3sc4ccc(F)cc4c3C)c(C)nc12. The molecule has 0 bridgehead atoms. The summed E-state index contributed by atoms with van der Waals surface area (Å²) in [7, 11) is 0. The summed E-state index contributed by atoms with van der Waals surface area (Å²) in [5, 5.41) is 11.5. The Hall–Kier alpha value is -6.10. The number of aromatic nitrogens is 6. The van der Waals surface area contributed by atoms with Crippen LogP contribution < -0.4 is 0 Å². The summed E-state index contributed by atoms with van der Waals surface area (Å²) in [5.41, 5.74) is 14.1. The molecule has 2 aromatic carbocycles. The molecule has 0 saturated carbocycles. The van der Waals surface area contributed by atoms with E-state index in [-0.39, 0.29) is 11.6 Å². The maximum Gasteiger partial charge on any atom is 0.162 e. The molecule has 8 aromatic rings. The lowest BCUT2D eigenvalue weighted by Gasteiger charge is -2.10. The predicted molar refractivity (Wildman–Crippen MR) is 260 cm³/mol. The van der Waals surface area contributed by atoms with E-state index in [1.807, 2.05) is 87.0 Å². The third kappa shape index (κ3) is 8.67. The van der Waals surface area contributed by atoms with E-state index in [2.05, 4.69) is 50.6 Å². The first-order valence-electron chi connectivity index (χ1n) is 20.8. The minimum atomic E-state index is -0.217. The molecule has 0 radical (unpaired) electrons. The second kappa shape index (κ2) is 18.9. The highest BCUT2D eigenvalue weighted by Crippen LogP contribution is 2.42. The van der Waals surface area contributed by atoms with Crippen molar-refractivity contribution in [3.8, 4) is 21.1 Å². The van der Waals surface area contributed by atoms with Crippen molar-refractivity contribution in [1.82, 2.24) is 29.2 Å². The molecule has 0 N–H and O–H groups in total. The fraction of sp³-hybridized carbons (Fsp3) is 0.231. The van der Waals surface area contributed by atoms with Crippen LogP contribution in [-0.2, 0) is 0 Å². The molecule has 6 aromatic heterocycles. The van der Waals surface area contributed by atoms with Crippen LogP contribution in [0.4, 0.5) is 8.78 Å². The molecule has 0 atom stereocenters. The van der Waals surface area contributed by atoms with Crippen molar-refractivity contribution < 1.29 is 8.78 Å². The average molecular weight is 863 g/mol. The van der Waals surface area contributed by atoms with Crippen LogP contribution in [0.2, 0.25) is 0 Å². The molecule has 6 nitrogen and oxygen atoms in total. The van der Waals surface area contributed by atoms with Crippen molar-refractivity contribution in [2.24, 2.45) is 0 Å². The maximum atomic E-state index is 13.9. The van der Waals surface area contributed by atoms with Crippen molar-refractivity contribution in [3.63, 3.8) is 0 Å². The van der Waals surface area contributed by atoms with Gasteiger partial charge in [-0.05, 0) is 162 Å². The molecule has 0 fully saturated rings. The van der Waals surface area contributed by atoms with Gasteiger partial charge in [0.25, 0.3) is 0 Å². The number of thiophene rings is 2. The molecule has 0 aliphatic carbocycles. The Kier molecular flexibility index (Phi) is 13.4. The zero-order valence-electron chi connectivity index (χ0n) is 36.4. The number of hydrogen-bond acceptors (Lipinski definition) is 6. The first-order chi connectivity index (χ1) is 29.9. The number of rotatable bonds is 14. The van der Waals surface area contributed by atoms with Gasteiger partial charge in [-0.3, -0.25) is 0 Å². The van der Waals surface area contributed by atoms with Crippen molar-refractivity contribution in [1.29, 1.82) is 0 Å². The molecular formula is C52H52F2N6S2. The van der Waals surface area contributed by atoms with Crippen LogP contribution in [0.15, 0.2) is 111 Å². The van der Waals surface area contributed by atoms with Gasteiger partial charge in [0.05, 0.1) is 32.5 Å². The zero-order chi connectivity index (χ0) is 44.2. The van der Waals surface area contributed by atoms with Crippen molar-refractivity contribution >= 4 is 65.3 Å². The Bertz CT molecular complexity index is 2890. The van der Waals surface area contributed by atoms with Crippen LogP contribution in [0.1, 0.15) is 83.6 Å². The Morgan fingerprint density at radius 3 is 1.35 bits per heavy atom. The third-order valence-electron chi connectivity index (χ3n) is 11.0. The van der Waals surface area contributed by atoms with Crippen LogP contribution >= 0.6 is 22.7 Å². The van der Waals surface area contributed by atoms with Crippen molar-refractivity contribution in [3.05, 3.63) is 168 Å². The number of allylic oxidation sites excluding steroid dienone is 8. The Labute approximate surface area is 370 Å². The van der Waals surface area contributed by atoms with E-state index in [4.69, 9.17) is 20.2 Å². The van der Waals surface area contributed by atoms with Crippen molar-refractivity contribution in [2.75, 3.05) is 0 Å². The molecule has 0 aliphatic heterocycles. The van der Waals surface area contributed by atoms with E-state index in [9.17, 15) is 8.78 Å². The summed E-state index contributed by atoms with van der Waals surface area (Å²) in [4.78, 5) is 12.0. The first-order valence-corrected chi connectivity index (χ1v) is 22.5. The molecule has 0 saturated heterocycles. The van der Waals surface area contributed by atoms with Gasteiger partial charge in [-0.15, -0.1) is 49.0 Å². The van der Waals surface area contributed by atoms with Gasteiger partial charge in [-0.25, -0.2) is 27.8 Å². The van der Waals surface area contributed by atoms with Crippen LogP contribution in [-0.4, -0.2) is 29.2 Å². The molecule has 62 heavy (non-hydrogen) atoms. The predicted octanol–water partition coefficient (Wildman–Crippen LogP) is 15.2. The van der Waals surface area contributed by atoms with Gasteiger partial charge >= 0.3 is 0 Å². The molecule has 8 rings (SSSR count). The van der Waals surface area contributed by atoms with Gasteiger partial charge in [0.2, 0.25) is 0 Å². The Morgan fingerprint density at radius 2 is 0.984 bits per heavy atom. The molecule has 10 heteroatoms. The normalized spacial score (nSPS) is 12.1. The third-order valence-corrected chi connectivity index (χ3v) is 13.5. The van der Waals surface area contributed by atoms with E-state index >= 15 is 0 Å². The topological polar surface area (TPSA) is 60.4 Å². The molecule has 0 aliphatic rings. The Balaban J connectivity index is 0.000000186. The van der Waals surface area contributed by atoms with Gasteiger partial charge in [0.15, 0.2) is 11.3 Å². The quantitative estimate of drug-likeness (QED) is 0.102. The second-order valence-corrected chi connectivity index (χ2v) is 17.6. The maximum absolute atomic E-state index is 13.9. The Morgan fingerprint density at radius 1 is 0.581 bits per heavy atom. The number of fused-ring (bicyclic) bond motifs is 4. The van der Waals surface area contributed by atoms with Gasteiger partial charge in [0, 0.05) is 20.5 Å². The van der Waals surface area contributed by atoms with Crippen LogP contribution in [0.3, 0.4) is 0 Å². The van der Waals surface area contributed by atoms with Gasteiger partial charge in [-0.1, -0.05) is 36.5 Å².